The summed E-state index contributed by atoms with van der Waals surface area (Å²) in [6, 6.07) is 6.98. The maximum absolute atomic E-state index is 3.26. The highest BCUT2D eigenvalue weighted by Crippen LogP contribution is 2.47. The standard InChI is InChI=1S/C14H19N/c1-15-12-7-8-13(11-5-6-11)14(9-12)10-3-2-4-10/h7-11,15H,2-6H2,1H3. The molecule has 0 atom stereocenters. The molecule has 1 aromatic carbocycles. The summed E-state index contributed by atoms with van der Waals surface area (Å²) in [4.78, 5) is 0. The van der Waals surface area contributed by atoms with Gasteiger partial charge in [0, 0.05) is 12.7 Å². The van der Waals surface area contributed by atoms with E-state index >= 15 is 0 Å². The number of nitrogens with one attached hydrogen (secondary N) is 1. The first-order valence-electron chi connectivity index (χ1n) is 6.20. The molecular formula is C14H19N. The molecule has 1 aromatic rings. The Morgan fingerprint density at radius 1 is 1.00 bits per heavy atom. The van der Waals surface area contributed by atoms with Crippen LogP contribution in [0, 0.1) is 0 Å². The second-order valence-electron chi connectivity index (χ2n) is 5.00. The van der Waals surface area contributed by atoms with Crippen LogP contribution in [0.2, 0.25) is 0 Å². The van der Waals surface area contributed by atoms with Crippen LogP contribution in [0.1, 0.15) is 55.1 Å². The van der Waals surface area contributed by atoms with Crippen molar-refractivity contribution in [1.82, 2.24) is 0 Å². The van der Waals surface area contributed by atoms with Crippen molar-refractivity contribution < 1.29 is 0 Å². The van der Waals surface area contributed by atoms with Crippen molar-refractivity contribution >= 4 is 5.69 Å². The zero-order chi connectivity index (χ0) is 10.3. The second-order valence-corrected chi connectivity index (χ2v) is 5.00. The molecule has 80 valence electrons. The van der Waals surface area contributed by atoms with Gasteiger partial charge in [0.25, 0.3) is 0 Å². The number of hydrogen-bond acceptors (Lipinski definition) is 1. The quantitative estimate of drug-likeness (QED) is 0.782. The fourth-order valence-electron chi connectivity index (χ4n) is 2.57. The maximum atomic E-state index is 3.26. The van der Waals surface area contributed by atoms with Crippen LogP contribution in [-0.2, 0) is 0 Å². The predicted molar refractivity (Wildman–Crippen MR) is 64.6 cm³/mol. The molecule has 1 N–H and O–H groups in total. The molecule has 0 radical (unpaired) electrons. The van der Waals surface area contributed by atoms with Gasteiger partial charge in [-0.1, -0.05) is 12.5 Å². The van der Waals surface area contributed by atoms with E-state index in [1.807, 2.05) is 7.05 Å². The van der Waals surface area contributed by atoms with Gasteiger partial charge in [0.05, 0.1) is 0 Å². The Kier molecular flexibility index (Phi) is 2.19. The van der Waals surface area contributed by atoms with Gasteiger partial charge in [0.15, 0.2) is 0 Å². The van der Waals surface area contributed by atoms with E-state index in [0.717, 1.165) is 11.8 Å². The number of benzene rings is 1. The Bertz CT molecular complexity index is 362. The minimum atomic E-state index is 0.869. The van der Waals surface area contributed by atoms with Gasteiger partial charge in [-0.25, -0.2) is 0 Å². The summed E-state index contributed by atoms with van der Waals surface area (Å²) in [5.41, 5.74) is 4.58. The minimum absolute atomic E-state index is 0.869. The zero-order valence-electron chi connectivity index (χ0n) is 9.42. The molecule has 1 heteroatoms. The molecular weight excluding hydrogens is 182 g/mol. The van der Waals surface area contributed by atoms with Crippen molar-refractivity contribution in [2.75, 3.05) is 12.4 Å². The Labute approximate surface area is 91.9 Å². The Morgan fingerprint density at radius 3 is 2.27 bits per heavy atom. The van der Waals surface area contributed by atoms with Crippen molar-refractivity contribution in [2.45, 2.75) is 43.9 Å². The zero-order valence-corrected chi connectivity index (χ0v) is 9.42. The van der Waals surface area contributed by atoms with Crippen molar-refractivity contribution in [2.24, 2.45) is 0 Å². The van der Waals surface area contributed by atoms with E-state index in [2.05, 4.69) is 23.5 Å². The predicted octanol–water partition coefficient (Wildman–Crippen LogP) is 3.87. The molecule has 0 amide bonds. The molecule has 3 rings (SSSR count). The normalized spacial score (nSPS) is 21.1. The number of rotatable bonds is 3. The summed E-state index contributed by atoms with van der Waals surface area (Å²) in [5, 5.41) is 3.26. The van der Waals surface area contributed by atoms with Gasteiger partial charge >= 0.3 is 0 Å². The van der Waals surface area contributed by atoms with E-state index < -0.39 is 0 Å². The molecule has 15 heavy (non-hydrogen) atoms. The van der Waals surface area contributed by atoms with Crippen LogP contribution >= 0.6 is 0 Å². The molecule has 0 aromatic heterocycles. The van der Waals surface area contributed by atoms with E-state index in [-0.39, 0.29) is 0 Å². The highest BCUT2D eigenvalue weighted by Gasteiger charge is 2.30. The highest BCUT2D eigenvalue weighted by atomic mass is 14.8. The number of anilines is 1. The first-order chi connectivity index (χ1) is 7.38. The highest BCUT2D eigenvalue weighted by molar-refractivity contribution is 5.51. The molecule has 0 spiro atoms. The summed E-state index contributed by atoms with van der Waals surface area (Å²) in [6.07, 6.45) is 7.08. The Hall–Kier alpha value is -0.980. The molecule has 0 saturated heterocycles. The molecule has 1 nitrogen and oxygen atoms in total. The van der Waals surface area contributed by atoms with Crippen LogP contribution in [-0.4, -0.2) is 7.05 Å². The molecule has 0 bridgehead atoms. The van der Waals surface area contributed by atoms with Gasteiger partial charge in [0.2, 0.25) is 0 Å². The maximum Gasteiger partial charge on any atom is 0.0340 e. The summed E-state index contributed by atoms with van der Waals surface area (Å²) in [6.45, 7) is 0. The lowest BCUT2D eigenvalue weighted by atomic mass is 9.77. The van der Waals surface area contributed by atoms with Crippen LogP contribution in [0.4, 0.5) is 5.69 Å². The van der Waals surface area contributed by atoms with Gasteiger partial charge in [-0.2, -0.15) is 0 Å². The molecule has 2 fully saturated rings. The van der Waals surface area contributed by atoms with Crippen LogP contribution in [0.3, 0.4) is 0 Å². The lowest BCUT2D eigenvalue weighted by molar-refractivity contribution is 0.417. The lowest BCUT2D eigenvalue weighted by Gasteiger charge is -2.28. The third kappa shape index (κ3) is 1.64. The van der Waals surface area contributed by atoms with Crippen LogP contribution < -0.4 is 5.32 Å². The number of hydrogen-bond donors (Lipinski definition) is 1. The minimum Gasteiger partial charge on any atom is -0.388 e. The van der Waals surface area contributed by atoms with Gasteiger partial charge in [-0.15, -0.1) is 0 Å². The summed E-state index contributed by atoms with van der Waals surface area (Å²) in [5.74, 6) is 1.76. The van der Waals surface area contributed by atoms with E-state index in [0.29, 0.717) is 0 Å². The van der Waals surface area contributed by atoms with E-state index in [1.165, 1.54) is 37.8 Å². The smallest absolute Gasteiger partial charge is 0.0340 e. The SMILES string of the molecule is CNc1ccc(C2CC2)c(C2CCC2)c1. The Morgan fingerprint density at radius 2 is 1.73 bits per heavy atom. The third-order valence-electron chi connectivity index (χ3n) is 3.94. The van der Waals surface area contributed by atoms with Crippen molar-refractivity contribution in [3.63, 3.8) is 0 Å². The molecule has 2 aliphatic carbocycles. The second kappa shape index (κ2) is 3.55. The monoisotopic (exact) mass is 201 g/mol. The largest absolute Gasteiger partial charge is 0.388 e. The van der Waals surface area contributed by atoms with Gasteiger partial charge in [-0.05, 0) is 60.8 Å². The van der Waals surface area contributed by atoms with E-state index in [9.17, 15) is 0 Å². The molecule has 2 saturated carbocycles. The van der Waals surface area contributed by atoms with Gasteiger partial charge in [-0.3, -0.25) is 0 Å². The molecule has 0 unspecified atom stereocenters. The average molecular weight is 201 g/mol. The van der Waals surface area contributed by atoms with Crippen molar-refractivity contribution in [1.29, 1.82) is 0 Å². The van der Waals surface area contributed by atoms with Gasteiger partial charge < -0.3 is 5.32 Å². The fourth-order valence-corrected chi connectivity index (χ4v) is 2.57. The molecule has 0 aliphatic heterocycles. The van der Waals surface area contributed by atoms with Crippen LogP contribution in [0.5, 0.6) is 0 Å². The van der Waals surface area contributed by atoms with Crippen molar-refractivity contribution in [3.8, 4) is 0 Å². The van der Waals surface area contributed by atoms with E-state index in [1.54, 1.807) is 11.1 Å². The lowest BCUT2D eigenvalue weighted by Crippen LogP contribution is -2.11. The topological polar surface area (TPSA) is 12.0 Å². The summed E-state index contributed by atoms with van der Waals surface area (Å²) in [7, 11) is 2.01. The molecule has 2 aliphatic rings. The first kappa shape index (κ1) is 9.26. The first-order valence-corrected chi connectivity index (χ1v) is 6.20. The van der Waals surface area contributed by atoms with Crippen LogP contribution in [0.15, 0.2) is 18.2 Å². The van der Waals surface area contributed by atoms with Gasteiger partial charge in [0.1, 0.15) is 0 Å². The average Bonchev–Trinajstić information content (AvgIpc) is 2.98. The Balaban J connectivity index is 1.97. The fraction of sp³-hybridized carbons (Fsp3) is 0.571. The molecule has 0 heterocycles. The summed E-state index contributed by atoms with van der Waals surface area (Å²) >= 11 is 0. The van der Waals surface area contributed by atoms with E-state index in [4.69, 9.17) is 0 Å². The van der Waals surface area contributed by atoms with Crippen molar-refractivity contribution in [3.05, 3.63) is 29.3 Å². The summed E-state index contributed by atoms with van der Waals surface area (Å²) < 4.78 is 0. The van der Waals surface area contributed by atoms with Crippen LogP contribution in [0.25, 0.3) is 0 Å². The third-order valence-corrected chi connectivity index (χ3v) is 3.94.